The molecule has 1 N–H and O–H groups in total. The van der Waals surface area contributed by atoms with Crippen molar-refractivity contribution in [1.82, 2.24) is 4.98 Å². The summed E-state index contributed by atoms with van der Waals surface area (Å²) in [5.41, 5.74) is 0.447. The molecule has 0 saturated heterocycles. The quantitative estimate of drug-likeness (QED) is 0.861. The van der Waals surface area contributed by atoms with Crippen LogP contribution in [0.3, 0.4) is 0 Å². The minimum atomic E-state index is -4.26. The molecule has 0 radical (unpaired) electrons. The smallest absolute Gasteiger partial charge is 0.298 e. The van der Waals surface area contributed by atoms with Gasteiger partial charge < -0.3 is 4.90 Å². The summed E-state index contributed by atoms with van der Waals surface area (Å²) < 4.78 is 32.1. The first-order valence-corrected chi connectivity index (χ1v) is 7.01. The van der Waals surface area contributed by atoms with Crippen molar-refractivity contribution in [2.45, 2.75) is 18.7 Å². The average Bonchev–Trinajstić information content (AvgIpc) is 2.20. The number of hydrogen-bond donors (Lipinski definition) is 1. The van der Waals surface area contributed by atoms with Gasteiger partial charge in [0.05, 0.1) is 16.4 Å². The first-order chi connectivity index (χ1) is 7.41. The van der Waals surface area contributed by atoms with Gasteiger partial charge in [-0.3, -0.25) is 9.54 Å². The lowest BCUT2D eigenvalue weighted by Gasteiger charge is -2.23. The topological polar surface area (TPSA) is 70.5 Å². The van der Waals surface area contributed by atoms with E-state index in [0.717, 1.165) is 6.20 Å². The summed E-state index contributed by atoms with van der Waals surface area (Å²) in [4.78, 5) is 5.40. The van der Waals surface area contributed by atoms with E-state index in [1.54, 1.807) is 0 Å². The van der Waals surface area contributed by atoms with Gasteiger partial charge in [-0.05, 0) is 29.8 Å². The third-order valence-corrected chi connectivity index (χ3v) is 3.63. The number of hydrogen-bond acceptors (Lipinski definition) is 4. The standard InChI is InChI=1S/C9H13BrN2O3S/c1-3-12(4-2)9-7(10)5-11-6-8(9)16(13,14)15/h5-6H,3-4H2,1-2H3,(H,13,14,15). The molecule has 16 heavy (non-hydrogen) atoms. The van der Waals surface area contributed by atoms with Gasteiger partial charge in [0, 0.05) is 19.3 Å². The Balaban J connectivity index is 3.46. The van der Waals surface area contributed by atoms with E-state index < -0.39 is 10.1 Å². The molecular weight excluding hydrogens is 296 g/mol. The molecule has 1 aromatic heterocycles. The molecule has 0 fully saturated rings. The van der Waals surface area contributed by atoms with Crippen LogP contribution in [0.4, 0.5) is 5.69 Å². The minimum absolute atomic E-state index is 0.175. The number of pyridine rings is 1. The van der Waals surface area contributed by atoms with Gasteiger partial charge in [0.15, 0.2) is 0 Å². The highest BCUT2D eigenvalue weighted by Gasteiger charge is 2.21. The zero-order valence-electron chi connectivity index (χ0n) is 9.01. The van der Waals surface area contributed by atoms with Crippen LogP contribution in [0.5, 0.6) is 0 Å². The highest BCUT2D eigenvalue weighted by Crippen LogP contribution is 2.31. The van der Waals surface area contributed by atoms with Crippen LogP contribution in [0.1, 0.15) is 13.8 Å². The average molecular weight is 309 g/mol. The number of aromatic nitrogens is 1. The molecular formula is C9H13BrN2O3S. The highest BCUT2D eigenvalue weighted by molar-refractivity contribution is 9.10. The van der Waals surface area contributed by atoms with Gasteiger partial charge in [-0.25, -0.2) is 0 Å². The Morgan fingerprint density at radius 1 is 1.38 bits per heavy atom. The van der Waals surface area contributed by atoms with Gasteiger partial charge >= 0.3 is 0 Å². The van der Waals surface area contributed by atoms with Crippen molar-refractivity contribution >= 4 is 31.7 Å². The SMILES string of the molecule is CCN(CC)c1c(Br)cncc1S(=O)(=O)O. The number of nitrogens with zero attached hydrogens (tertiary/aromatic N) is 2. The largest absolute Gasteiger partial charge is 0.370 e. The van der Waals surface area contributed by atoms with Gasteiger partial charge in [-0.2, -0.15) is 8.42 Å². The van der Waals surface area contributed by atoms with Crippen molar-refractivity contribution in [3.63, 3.8) is 0 Å². The van der Waals surface area contributed by atoms with E-state index in [1.165, 1.54) is 6.20 Å². The summed E-state index contributed by atoms with van der Waals surface area (Å²) in [7, 11) is -4.26. The predicted octanol–water partition coefficient (Wildman–Crippen LogP) is 1.94. The Hall–Kier alpha value is -0.660. The normalized spacial score (nSPS) is 11.5. The molecule has 0 aliphatic carbocycles. The fourth-order valence-electron chi connectivity index (χ4n) is 1.45. The number of anilines is 1. The molecule has 0 bridgehead atoms. The lowest BCUT2D eigenvalue weighted by atomic mass is 10.3. The van der Waals surface area contributed by atoms with E-state index in [1.807, 2.05) is 18.7 Å². The molecule has 90 valence electrons. The highest BCUT2D eigenvalue weighted by atomic mass is 79.9. The van der Waals surface area contributed by atoms with Gasteiger partial charge in [-0.1, -0.05) is 0 Å². The third-order valence-electron chi connectivity index (χ3n) is 2.20. The first-order valence-electron chi connectivity index (χ1n) is 4.77. The predicted molar refractivity (Wildman–Crippen MR) is 65.3 cm³/mol. The summed E-state index contributed by atoms with van der Waals surface area (Å²) in [5.74, 6) is 0. The Morgan fingerprint density at radius 2 is 1.94 bits per heavy atom. The zero-order chi connectivity index (χ0) is 12.3. The second-order valence-electron chi connectivity index (χ2n) is 3.12. The summed E-state index contributed by atoms with van der Waals surface area (Å²) in [6, 6.07) is 0. The minimum Gasteiger partial charge on any atom is -0.370 e. The Morgan fingerprint density at radius 3 is 2.38 bits per heavy atom. The third kappa shape index (κ3) is 2.72. The maximum absolute atomic E-state index is 11.2. The molecule has 1 aromatic rings. The molecule has 5 nitrogen and oxygen atoms in total. The lowest BCUT2D eigenvalue weighted by Crippen LogP contribution is -2.24. The van der Waals surface area contributed by atoms with E-state index in [9.17, 15) is 8.42 Å². The van der Waals surface area contributed by atoms with Crippen molar-refractivity contribution in [2.75, 3.05) is 18.0 Å². The van der Waals surface area contributed by atoms with E-state index in [4.69, 9.17) is 4.55 Å². The van der Waals surface area contributed by atoms with Gasteiger partial charge in [0.25, 0.3) is 10.1 Å². The van der Waals surface area contributed by atoms with Crippen molar-refractivity contribution in [1.29, 1.82) is 0 Å². The second kappa shape index (κ2) is 5.11. The second-order valence-corrected chi connectivity index (χ2v) is 5.36. The van der Waals surface area contributed by atoms with Crippen LogP contribution < -0.4 is 4.90 Å². The van der Waals surface area contributed by atoms with Crippen molar-refractivity contribution in [3.05, 3.63) is 16.9 Å². The molecule has 0 saturated carbocycles. The molecule has 7 heteroatoms. The maximum Gasteiger partial charge on any atom is 0.298 e. The van der Waals surface area contributed by atoms with E-state index in [-0.39, 0.29) is 4.90 Å². The van der Waals surface area contributed by atoms with Crippen molar-refractivity contribution in [3.8, 4) is 0 Å². The maximum atomic E-state index is 11.2. The number of halogens is 1. The lowest BCUT2D eigenvalue weighted by molar-refractivity contribution is 0.482. The van der Waals surface area contributed by atoms with Gasteiger partial charge in [0.1, 0.15) is 4.90 Å². The van der Waals surface area contributed by atoms with E-state index >= 15 is 0 Å². The molecule has 0 aromatic carbocycles. The molecule has 0 atom stereocenters. The van der Waals surface area contributed by atoms with E-state index in [2.05, 4.69) is 20.9 Å². The van der Waals surface area contributed by atoms with Crippen LogP contribution in [-0.2, 0) is 10.1 Å². The monoisotopic (exact) mass is 308 g/mol. The fourth-order valence-corrected chi connectivity index (χ4v) is 2.84. The van der Waals surface area contributed by atoms with Gasteiger partial charge in [-0.15, -0.1) is 0 Å². The van der Waals surface area contributed by atoms with Crippen molar-refractivity contribution in [2.24, 2.45) is 0 Å². The molecule has 0 spiro atoms. The molecule has 0 aliphatic rings. The summed E-state index contributed by atoms with van der Waals surface area (Å²) in [6.45, 7) is 5.09. The zero-order valence-corrected chi connectivity index (χ0v) is 11.4. The van der Waals surface area contributed by atoms with E-state index in [0.29, 0.717) is 23.2 Å². The fraction of sp³-hybridized carbons (Fsp3) is 0.444. The molecule has 1 heterocycles. The van der Waals surface area contributed by atoms with Crippen molar-refractivity contribution < 1.29 is 13.0 Å². The Bertz CT molecular complexity index is 472. The van der Waals surface area contributed by atoms with Crippen LogP contribution in [-0.4, -0.2) is 31.0 Å². The molecule has 0 aliphatic heterocycles. The number of rotatable bonds is 4. The van der Waals surface area contributed by atoms with Crippen LogP contribution >= 0.6 is 15.9 Å². The summed E-state index contributed by atoms with van der Waals surface area (Å²) in [5, 5.41) is 0. The Labute approximate surface area is 103 Å². The molecule has 0 amide bonds. The van der Waals surface area contributed by atoms with Crippen LogP contribution in [0.15, 0.2) is 21.8 Å². The Kier molecular flexibility index (Phi) is 4.28. The molecule has 0 unspecified atom stereocenters. The van der Waals surface area contributed by atoms with Crippen LogP contribution in [0.25, 0.3) is 0 Å². The van der Waals surface area contributed by atoms with Crippen LogP contribution in [0.2, 0.25) is 0 Å². The van der Waals surface area contributed by atoms with Crippen LogP contribution in [0, 0.1) is 0 Å². The van der Waals surface area contributed by atoms with Gasteiger partial charge in [0.2, 0.25) is 0 Å². The molecule has 1 rings (SSSR count). The summed E-state index contributed by atoms with van der Waals surface area (Å²) in [6.07, 6.45) is 2.65. The first kappa shape index (κ1) is 13.4. The summed E-state index contributed by atoms with van der Waals surface area (Å²) >= 11 is 3.24.